The van der Waals surface area contributed by atoms with Crippen LogP contribution in [-0.2, 0) is 0 Å². The van der Waals surface area contributed by atoms with Crippen LogP contribution < -0.4 is 15.9 Å². The third kappa shape index (κ3) is 2.68. The Morgan fingerprint density at radius 1 is 1.06 bits per heavy atom. The van der Waals surface area contributed by atoms with Crippen LogP contribution in [-0.4, -0.2) is 16.3 Å². The molecule has 0 spiro atoms. The van der Waals surface area contributed by atoms with Crippen LogP contribution in [0.15, 0.2) is 39.9 Å². The van der Waals surface area contributed by atoms with Crippen LogP contribution in [0.2, 0.25) is 0 Å². The molecule has 0 bridgehead atoms. The molecule has 0 radical (unpaired) electrons. The fraction of sp³-hybridized carbons (Fsp3) is 0.231. The number of rotatable bonds is 3. The van der Waals surface area contributed by atoms with Crippen LogP contribution in [0, 0.1) is 0 Å². The van der Waals surface area contributed by atoms with Gasteiger partial charge in [0, 0.05) is 6.07 Å². The molecule has 1 aromatic heterocycles. The van der Waals surface area contributed by atoms with E-state index in [1.807, 2.05) is 13.8 Å². The Morgan fingerprint density at radius 2 is 1.72 bits per heavy atom. The molecule has 0 unspecified atom stereocenters. The first-order valence-corrected chi connectivity index (χ1v) is 5.65. The summed E-state index contributed by atoms with van der Waals surface area (Å²) < 4.78 is 5.51. The number of nitrogens with one attached hydrogen (secondary N) is 2. The Bertz CT molecular complexity index is 638. The van der Waals surface area contributed by atoms with Gasteiger partial charge >= 0.3 is 0 Å². The number of aromatic amines is 2. The Morgan fingerprint density at radius 3 is 2.33 bits per heavy atom. The smallest absolute Gasteiger partial charge is 0.270 e. The maximum absolute atomic E-state index is 11.6. The molecular formula is C13H14N2O3. The molecule has 2 rings (SSSR count). The minimum absolute atomic E-state index is 0.0961. The topological polar surface area (TPSA) is 75.0 Å². The molecule has 2 N–H and O–H groups in total. The van der Waals surface area contributed by atoms with Crippen LogP contribution in [0.4, 0.5) is 0 Å². The van der Waals surface area contributed by atoms with Gasteiger partial charge in [-0.25, -0.2) is 0 Å². The standard InChI is InChI=1S/C13H14N2O3/c1-8(2)18-10-5-3-9(4-6-10)11-7-12(16)14-15-13(11)17/h3-8H,1-2H3,(H,14,16)(H,15,17). The Labute approximate surface area is 103 Å². The monoisotopic (exact) mass is 246 g/mol. The van der Waals surface area contributed by atoms with E-state index in [1.54, 1.807) is 24.3 Å². The average molecular weight is 246 g/mol. The number of aromatic nitrogens is 2. The van der Waals surface area contributed by atoms with Crippen molar-refractivity contribution in [3.63, 3.8) is 0 Å². The molecule has 0 aliphatic rings. The summed E-state index contributed by atoms with van der Waals surface area (Å²) in [6, 6.07) is 8.33. The Kier molecular flexibility index (Phi) is 3.32. The highest BCUT2D eigenvalue weighted by atomic mass is 16.5. The normalized spacial score (nSPS) is 10.6. The van der Waals surface area contributed by atoms with E-state index in [0.29, 0.717) is 11.1 Å². The summed E-state index contributed by atoms with van der Waals surface area (Å²) in [5, 5.41) is 4.52. The molecule has 0 aliphatic carbocycles. The van der Waals surface area contributed by atoms with Gasteiger partial charge in [0.2, 0.25) is 0 Å². The summed E-state index contributed by atoms with van der Waals surface area (Å²) in [4.78, 5) is 22.8. The van der Waals surface area contributed by atoms with E-state index < -0.39 is 0 Å². The number of hydrogen-bond acceptors (Lipinski definition) is 3. The van der Waals surface area contributed by atoms with Crippen molar-refractivity contribution in [2.45, 2.75) is 20.0 Å². The minimum atomic E-state index is -0.341. The molecular weight excluding hydrogens is 232 g/mol. The fourth-order valence-corrected chi connectivity index (χ4v) is 1.62. The zero-order chi connectivity index (χ0) is 13.1. The number of benzene rings is 1. The van der Waals surface area contributed by atoms with Gasteiger partial charge < -0.3 is 4.74 Å². The summed E-state index contributed by atoms with van der Waals surface area (Å²) in [6.07, 6.45) is 0.0961. The predicted molar refractivity (Wildman–Crippen MR) is 68.9 cm³/mol. The number of ether oxygens (including phenoxy) is 1. The number of hydrogen-bond donors (Lipinski definition) is 2. The van der Waals surface area contributed by atoms with Crippen molar-refractivity contribution in [2.75, 3.05) is 0 Å². The molecule has 1 aromatic carbocycles. The average Bonchev–Trinajstić information content (AvgIpc) is 2.33. The van der Waals surface area contributed by atoms with Crippen molar-refractivity contribution in [3.8, 4) is 16.9 Å². The van der Waals surface area contributed by atoms with Gasteiger partial charge in [-0.2, -0.15) is 0 Å². The molecule has 18 heavy (non-hydrogen) atoms. The van der Waals surface area contributed by atoms with E-state index in [-0.39, 0.29) is 17.2 Å². The SMILES string of the molecule is CC(C)Oc1ccc(-c2cc(=O)[nH][nH]c2=O)cc1. The largest absolute Gasteiger partial charge is 0.491 e. The molecule has 2 aromatic rings. The molecule has 1 heterocycles. The summed E-state index contributed by atoms with van der Waals surface area (Å²) in [5.41, 5.74) is 0.354. The molecule has 0 saturated carbocycles. The molecule has 0 fully saturated rings. The number of H-pyrrole nitrogens is 2. The van der Waals surface area contributed by atoms with Crippen molar-refractivity contribution >= 4 is 0 Å². The van der Waals surface area contributed by atoms with E-state index in [2.05, 4.69) is 10.2 Å². The van der Waals surface area contributed by atoms with Crippen molar-refractivity contribution in [1.29, 1.82) is 0 Å². The molecule has 94 valence electrons. The van der Waals surface area contributed by atoms with Gasteiger partial charge in [-0.15, -0.1) is 0 Å². The lowest BCUT2D eigenvalue weighted by Gasteiger charge is -2.09. The first kappa shape index (κ1) is 12.2. The molecule has 0 saturated heterocycles. The van der Waals surface area contributed by atoms with E-state index in [1.165, 1.54) is 6.07 Å². The van der Waals surface area contributed by atoms with Crippen molar-refractivity contribution in [2.24, 2.45) is 0 Å². The summed E-state index contributed by atoms with van der Waals surface area (Å²) in [7, 11) is 0. The fourth-order valence-electron chi connectivity index (χ4n) is 1.62. The van der Waals surface area contributed by atoms with E-state index >= 15 is 0 Å². The van der Waals surface area contributed by atoms with Gasteiger partial charge in [-0.05, 0) is 31.5 Å². The molecule has 5 heteroatoms. The van der Waals surface area contributed by atoms with Crippen LogP contribution in [0.5, 0.6) is 5.75 Å². The highest BCUT2D eigenvalue weighted by Gasteiger charge is 2.05. The van der Waals surface area contributed by atoms with Crippen molar-refractivity contribution < 1.29 is 4.74 Å². The lowest BCUT2D eigenvalue weighted by molar-refractivity contribution is 0.242. The van der Waals surface area contributed by atoms with Gasteiger partial charge in [0.15, 0.2) is 0 Å². The Balaban J connectivity index is 2.37. The van der Waals surface area contributed by atoms with Gasteiger partial charge in [0.25, 0.3) is 11.1 Å². The quantitative estimate of drug-likeness (QED) is 0.862. The molecule has 5 nitrogen and oxygen atoms in total. The molecule has 0 amide bonds. The van der Waals surface area contributed by atoms with Gasteiger partial charge in [0.1, 0.15) is 5.75 Å². The molecule has 0 aliphatic heterocycles. The second kappa shape index (κ2) is 4.91. The molecule has 0 atom stereocenters. The van der Waals surface area contributed by atoms with Crippen LogP contribution in [0.1, 0.15) is 13.8 Å². The van der Waals surface area contributed by atoms with Crippen molar-refractivity contribution in [1.82, 2.24) is 10.2 Å². The third-order valence-electron chi connectivity index (χ3n) is 2.36. The van der Waals surface area contributed by atoms with E-state index in [4.69, 9.17) is 4.74 Å². The maximum atomic E-state index is 11.6. The summed E-state index contributed by atoms with van der Waals surface area (Å²) in [6.45, 7) is 3.88. The summed E-state index contributed by atoms with van der Waals surface area (Å²) >= 11 is 0. The van der Waals surface area contributed by atoms with Gasteiger partial charge in [-0.3, -0.25) is 19.8 Å². The minimum Gasteiger partial charge on any atom is -0.491 e. The highest BCUT2D eigenvalue weighted by Crippen LogP contribution is 2.19. The maximum Gasteiger partial charge on any atom is 0.270 e. The first-order chi connectivity index (χ1) is 8.56. The third-order valence-corrected chi connectivity index (χ3v) is 2.36. The Hall–Kier alpha value is -2.30. The lowest BCUT2D eigenvalue weighted by Crippen LogP contribution is -2.19. The summed E-state index contributed by atoms with van der Waals surface area (Å²) in [5.74, 6) is 0.731. The second-order valence-corrected chi connectivity index (χ2v) is 4.19. The predicted octanol–water partition coefficient (Wildman–Crippen LogP) is 1.52. The van der Waals surface area contributed by atoms with Crippen LogP contribution in [0.3, 0.4) is 0 Å². The lowest BCUT2D eigenvalue weighted by atomic mass is 10.1. The van der Waals surface area contributed by atoms with Crippen LogP contribution in [0.25, 0.3) is 11.1 Å². The van der Waals surface area contributed by atoms with Gasteiger partial charge in [0.05, 0.1) is 11.7 Å². The second-order valence-electron chi connectivity index (χ2n) is 4.19. The van der Waals surface area contributed by atoms with Crippen molar-refractivity contribution in [3.05, 3.63) is 51.0 Å². The van der Waals surface area contributed by atoms with Gasteiger partial charge in [-0.1, -0.05) is 12.1 Å². The van der Waals surface area contributed by atoms with E-state index in [0.717, 1.165) is 5.75 Å². The van der Waals surface area contributed by atoms with Crippen LogP contribution >= 0.6 is 0 Å². The van der Waals surface area contributed by atoms with E-state index in [9.17, 15) is 9.59 Å². The zero-order valence-electron chi connectivity index (χ0n) is 10.2. The zero-order valence-corrected chi connectivity index (χ0v) is 10.2. The first-order valence-electron chi connectivity index (χ1n) is 5.65. The highest BCUT2D eigenvalue weighted by molar-refractivity contribution is 5.62.